The van der Waals surface area contributed by atoms with Gasteiger partial charge >= 0.3 is 0 Å². The number of carbonyl (C=O) groups excluding carboxylic acids is 1. The molecule has 0 saturated carbocycles. The molecule has 0 bridgehead atoms. The molecule has 3 nitrogen and oxygen atoms in total. The van der Waals surface area contributed by atoms with Crippen molar-refractivity contribution < 1.29 is 9.90 Å². The van der Waals surface area contributed by atoms with Gasteiger partial charge in [0.05, 0.1) is 18.6 Å². The molecule has 0 saturated heterocycles. The zero-order chi connectivity index (χ0) is 15.9. The van der Waals surface area contributed by atoms with Gasteiger partial charge in [-0.2, -0.15) is 0 Å². The van der Waals surface area contributed by atoms with Gasteiger partial charge in [0.25, 0.3) is 0 Å². The lowest BCUT2D eigenvalue weighted by Gasteiger charge is -2.23. The Morgan fingerprint density at radius 2 is 1.45 bits per heavy atom. The number of hydrogen-bond acceptors (Lipinski definition) is 2. The van der Waals surface area contributed by atoms with Gasteiger partial charge in [-0.05, 0) is 17.0 Å². The first-order valence-electron chi connectivity index (χ1n) is 7.65. The number of nitrogens with one attached hydrogen (secondary N) is 1. The van der Waals surface area contributed by atoms with E-state index in [1.807, 2.05) is 60.7 Å². The van der Waals surface area contributed by atoms with E-state index >= 15 is 0 Å². The highest BCUT2D eigenvalue weighted by Gasteiger charge is 2.20. The van der Waals surface area contributed by atoms with Gasteiger partial charge in [-0.15, -0.1) is 0 Å². The molecule has 116 valence electrons. The first-order chi connectivity index (χ1) is 10.6. The van der Waals surface area contributed by atoms with E-state index in [4.69, 9.17) is 0 Å². The third kappa shape index (κ3) is 4.43. The molecule has 3 heteroatoms. The molecule has 0 heterocycles. The molecule has 0 aliphatic rings. The summed E-state index contributed by atoms with van der Waals surface area (Å²) < 4.78 is 0. The molecule has 2 N–H and O–H groups in total. The maximum Gasteiger partial charge on any atom is 0.223 e. The molecule has 0 fully saturated rings. The molecule has 0 aliphatic heterocycles. The van der Waals surface area contributed by atoms with Crippen LogP contribution in [0.3, 0.4) is 0 Å². The Kier molecular flexibility index (Phi) is 5.73. The molecule has 2 unspecified atom stereocenters. The van der Waals surface area contributed by atoms with Crippen molar-refractivity contribution in [1.82, 2.24) is 5.32 Å². The molecule has 2 rings (SSSR count). The van der Waals surface area contributed by atoms with Gasteiger partial charge in [-0.25, -0.2) is 0 Å². The van der Waals surface area contributed by atoms with Crippen molar-refractivity contribution in [3.8, 4) is 0 Å². The maximum absolute atomic E-state index is 12.2. The van der Waals surface area contributed by atoms with Crippen LogP contribution in [0.25, 0.3) is 0 Å². The van der Waals surface area contributed by atoms with Crippen LogP contribution >= 0.6 is 0 Å². The van der Waals surface area contributed by atoms with Gasteiger partial charge in [0.1, 0.15) is 0 Å². The second-order valence-corrected chi connectivity index (χ2v) is 5.83. The second-order valence-electron chi connectivity index (χ2n) is 5.83. The van der Waals surface area contributed by atoms with E-state index in [0.717, 1.165) is 11.1 Å². The molecule has 22 heavy (non-hydrogen) atoms. The SMILES string of the molecule is CC(C)C(NC(=O)CC(O)c1ccccc1)c1ccccc1. The second kappa shape index (κ2) is 7.76. The third-order valence-electron chi connectivity index (χ3n) is 3.70. The van der Waals surface area contributed by atoms with E-state index in [-0.39, 0.29) is 24.3 Å². The Balaban J connectivity index is 2.00. The predicted molar refractivity (Wildman–Crippen MR) is 88.2 cm³/mol. The van der Waals surface area contributed by atoms with Gasteiger partial charge < -0.3 is 10.4 Å². The fourth-order valence-electron chi connectivity index (χ4n) is 2.50. The molecule has 0 spiro atoms. The van der Waals surface area contributed by atoms with Crippen molar-refractivity contribution in [3.05, 3.63) is 71.8 Å². The summed E-state index contributed by atoms with van der Waals surface area (Å²) in [4.78, 5) is 12.2. The van der Waals surface area contributed by atoms with Crippen molar-refractivity contribution in [2.75, 3.05) is 0 Å². The van der Waals surface area contributed by atoms with Crippen molar-refractivity contribution in [1.29, 1.82) is 0 Å². The van der Waals surface area contributed by atoms with Crippen LogP contribution in [0.4, 0.5) is 0 Å². The average Bonchev–Trinajstić information content (AvgIpc) is 2.54. The van der Waals surface area contributed by atoms with Gasteiger partial charge in [0, 0.05) is 0 Å². The Morgan fingerprint density at radius 1 is 0.955 bits per heavy atom. The monoisotopic (exact) mass is 297 g/mol. The van der Waals surface area contributed by atoms with Crippen LogP contribution in [0.15, 0.2) is 60.7 Å². The molecule has 2 aromatic rings. The summed E-state index contributed by atoms with van der Waals surface area (Å²) in [6.07, 6.45) is -0.704. The number of amides is 1. The zero-order valence-corrected chi connectivity index (χ0v) is 13.1. The lowest BCUT2D eigenvalue weighted by atomic mass is 9.95. The molecular formula is C19H23NO2. The maximum atomic E-state index is 12.2. The molecule has 0 radical (unpaired) electrons. The quantitative estimate of drug-likeness (QED) is 0.855. The van der Waals surface area contributed by atoms with E-state index in [1.165, 1.54) is 0 Å². The summed E-state index contributed by atoms with van der Waals surface area (Å²) >= 11 is 0. The average molecular weight is 297 g/mol. The van der Waals surface area contributed by atoms with Crippen LogP contribution < -0.4 is 5.32 Å². The number of aliphatic hydroxyl groups excluding tert-OH is 1. The number of aliphatic hydroxyl groups is 1. The fourth-order valence-corrected chi connectivity index (χ4v) is 2.50. The van der Waals surface area contributed by atoms with E-state index < -0.39 is 6.10 Å². The highest BCUT2D eigenvalue weighted by atomic mass is 16.3. The predicted octanol–water partition coefficient (Wildman–Crippen LogP) is 3.62. The van der Waals surface area contributed by atoms with Crippen LogP contribution in [0.2, 0.25) is 0 Å². The van der Waals surface area contributed by atoms with Crippen LogP contribution in [0, 0.1) is 5.92 Å². The summed E-state index contributed by atoms with van der Waals surface area (Å²) in [5.41, 5.74) is 1.85. The van der Waals surface area contributed by atoms with E-state index in [1.54, 1.807) is 0 Å². The summed E-state index contributed by atoms with van der Waals surface area (Å²) in [6.45, 7) is 4.15. The Hall–Kier alpha value is -2.13. The smallest absolute Gasteiger partial charge is 0.223 e. The number of hydrogen-bond donors (Lipinski definition) is 2. The first kappa shape index (κ1) is 16.2. The highest BCUT2D eigenvalue weighted by molar-refractivity contribution is 5.77. The van der Waals surface area contributed by atoms with Crippen molar-refractivity contribution in [3.63, 3.8) is 0 Å². The Morgan fingerprint density at radius 3 is 1.95 bits per heavy atom. The minimum Gasteiger partial charge on any atom is -0.388 e. The largest absolute Gasteiger partial charge is 0.388 e. The summed E-state index contributed by atoms with van der Waals surface area (Å²) in [6, 6.07) is 19.1. The standard InChI is InChI=1S/C19H23NO2/c1-14(2)19(16-11-7-4-8-12-16)20-18(22)13-17(21)15-9-5-3-6-10-15/h3-12,14,17,19,21H,13H2,1-2H3,(H,20,22). The fraction of sp³-hybridized carbons (Fsp3) is 0.316. The summed E-state index contributed by atoms with van der Waals surface area (Å²) in [7, 11) is 0. The number of carbonyl (C=O) groups is 1. The van der Waals surface area contributed by atoms with Crippen LogP contribution in [0.5, 0.6) is 0 Å². The summed E-state index contributed by atoms with van der Waals surface area (Å²) in [5.74, 6) is 0.138. The van der Waals surface area contributed by atoms with Gasteiger partial charge in [-0.3, -0.25) is 4.79 Å². The summed E-state index contributed by atoms with van der Waals surface area (Å²) in [5, 5.41) is 13.2. The molecule has 2 atom stereocenters. The van der Waals surface area contributed by atoms with E-state index in [0.29, 0.717) is 0 Å². The van der Waals surface area contributed by atoms with E-state index in [9.17, 15) is 9.90 Å². The minimum atomic E-state index is -0.773. The van der Waals surface area contributed by atoms with Crippen molar-refractivity contribution in [2.24, 2.45) is 5.92 Å². The number of rotatable bonds is 6. The Labute approximate surface area is 132 Å². The molecule has 0 aliphatic carbocycles. The lowest BCUT2D eigenvalue weighted by molar-refractivity contribution is -0.124. The Bertz CT molecular complexity index is 581. The van der Waals surface area contributed by atoms with Gasteiger partial charge in [0.2, 0.25) is 5.91 Å². The van der Waals surface area contributed by atoms with E-state index in [2.05, 4.69) is 19.2 Å². The lowest BCUT2D eigenvalue weighted by Crippen LogP contribution is -2.32. The van der Waals surface area contributed by atoms with Crippen LogP contribution in [-0.2, 0) is 4.79 Å². The van der Waals surface area contributed by atoms with Gasteiger partial charge in [-0.1, -0.05) is 74.5 Å². The molecule has 2 aromatic carbocycles. The number of benzene rings is 2. The van der Waals surface area contributed by atoms with Crippen LogP contribution in [-0.4, -0.2) is 11.0 Å². The van der Waals surface area contributed by atoms with Gasteiger partial charge in [0.15, 0.2) is 0 Å². The minimum absolute atomic E-state index is 0.0447. The van der Waals surface area contributed by atoms with Crippen molar-refractivity contribution >= 4 is 5.91 Å². The topological polar surface area (TPSA) is 49.3 Å². The van der Waals surface area contributed by atoms with Crippen LogP contribution in [0.1, 0.15) is 43.5 Å². The first-order valence-corrected chi connectivity index (χ1v) is 7.65. The third-order valence-corrected chi connectivity index (χ3v) is 3.70. The molecule has 1 amide bonds. The molecular weight excluding hydrogens is 274 g/mol. The zero-order valence-electron chi connectivity index (χ0n) is 13.1. The normalized spacial score (nSPS) is 13.6. The highest BCUT2D eigenvalue weighted by Crippen LogP contribution is 2.22. The van der Waals surface area contributed by atoms with Crippen molar-refractivity contribution in [2.45, 2.75) is 32.4 Å². The molecule has 0 aromatic heterocycles.